The first-order chi connectivity index (χ1) is 7.11. The Bertz CT molecular complexity index is 336. The van der Waals surface area contributed by atoms with Crippen molar-refractivity contribution in [3.63, 3.8) is 0 Å². The molecule has 15 heavy (non-hydrogen) atoms. The molecule has 82 valence electrons. The number of aromatic hydroxyl groups is 1. The van der Waals surface area contributed by atoms with E-state index < -0.39 is 0 Å². The van der Waals surface area contributed by atoms with E-state index >= 15 is 0 Å². The number of rotatable bonds is 5. The van der Waals surface area contributed by atoms with Crippen LogP contribution >= 0.6 is 0 Å². The smallest absolute Gasteiger partial charge is 0.138 e. The summed E-state index contributed by atoms with van der Waals surface area (Å²) in [5.74, 6) is 0.315. The summed E-state index contributed by atoms with van der Waals surface area (Å²) >= 11 is 0. The average Bonchev–Trinajstić information content (AvgIpc) is 2.17. The Hall–Kier alpha value is -1.35. The standard InChI is InChI=1S/C12H17NO2/c1-2-10(13)8-12(15)7-9-4-3-5-11(14)6-9/h3-6,10,14H,2,7-8,13H2,1H3. The summed E-state index contributed by atoms with van der Waals surface area (Å²) in [4.78, 5) is 11.5. The van der Waals surface area contributed by atoms with Crippen molar-refractivity contribution in [1.29, 1.82) is 0 Å². The number of nitrogens with two attached hydrogens (primary N) is 1. The molecule has 0 aliphatic rings. The number of ketones is 1. The Morgan fingerprint density at radius 3 is 2.87 bits per heavy atom. The normalized spacial score (nSPS) is 12.4. The van der Waals surface area contributed by atoms with E-state index in [1.54, 1.807) is 18.2 Å². The summed E-state index contributed by atoms with van der Waals surface area (Å²) in [6.45, 7) is 1.96. The van der Waals surface area contributed by atoms with Crippen LogP contribution in [0.2, 0.25) is 0 Å². The van der Waals surface area contributed by atoms with Crippen LogP contribution in [0.25, 0.3) is 0 Å². The van der Waals surface area contributed by atoms with Crippen LogP contribution in [0.4, 0.5) is 0 Å². The molecule has 1 aromatic rings. The fourth-order valence-corrected chi connectivity index (χ4v) is 1.40. The number of hydrogen-bond donors (Lipinski definition) is 2. The highest BCUT2D eigenvalue weighted by Crippen LogP contribution is 2.12. The van der Waals surface area contributed by atoms with E-state index in [1.165, 1.54) is 0 Å². The summed E-state index contributed by atoms with van der Waals surface area (Å²) in [6.07, 6.45) is 1.57. The van der Waals surface area contributed by atoms with Crippen LogP contribution in [0.3, 0.4) is 0 Å². The topological polar surface area (TPSA) is 63.3 Å². The molecule has 0 radical (unpaired) electrons. The molecule has 0 spiro atoms. The fourth-order valence-electron chi connectivity index (χ4n) is 1.40. The summed E-state index contributed by atoms with van der Waals surface area (Å²) in [7, 11) is 0. The molecule has 1 atom stereocenters. The second kappa shape index (κ2) is 5.51. The number of carbonyl (C=O) groups is 1. The Morgan fingerprint density at radius 1 is 1.53 bits per heavy atom. The predicted octanol–water partition coefficient (Wildman–Crippen LogP) is 1.63. The maximum atomic E-state index is 11.5. The van der Waals surface area contributed by atoms with E-state index in [-0.39, 0.29) is 17.6 Å². The largest absolute Gasteiger partial charge is 0.508 e. The van der Waals surface area contributed by atoms with Gasteiger partial charge in [-0.05, 0) is 24.1 Å². The van der Waals surface area contributed by atoms with Crippen LogP contribution in [-0.2, 0) is 11.2 Å². The van der Waals surface area contributed by atoms with Gasteiger partial charge in [0.25, 0.3) is 0 Å². The number of carbonyl (C=O) groups excluding carboxylic acids is 1. The highest BCUT2D eigenvalue weighted by molar-refractivity contribution is 5.81. The minimum atomic E-state index is -0.0465. The molecular formula is C12H17NO2. The molecule has 0 aliphatic heterocycles. The number of hydrogen-bond acceptors (Lipinski definition) is 3. The highest BCUT2D eigenvalue weighted by Gasteiger charge is 2.08. The molecule has 3 N–H and O–H groups in total. The molecule has 1 rings (SSSR count). The molecule has 0 aromatic heterocycles. The summed E-state index contributed by atoms with van der Waals surface area (Å²) in [5, 5.41) is 9.22. The second-order valence-electron chi connectivity index (χ2n) is 3.76. The zero-order chi connectivity index (χ0) is 11.3. The van der Waals surface area contributed by atoms with Crippen LogP contribution in [0, 0.1) is 0 Å². The second-order valence-corrected chi connectivity index (χ2v) is 3.76. The van der Waals surface area contributed by atoms with Gasteiger partial charge < -0.3 is 10.8 Å². The van der Waals surface area contributed by atoms with E-state index in [1.807, 2.05) is 13.0 Å². The van der Waals surface area contributed by atoms with E-state index in [2.05, 4.69) is 0 Å². The van der Waals surface area contributed by atoms with Crippen LogP contribution < -0.4 is 5.73 Å². The van der Waals surface area contributed by atoms with Gasteiger partial charge >= 0.3 is 0 Å². The third-order valence-corrected chi connectivity index (χ3v) is 2.33. The summed E-state index contributed by atoms with van der Waals surface area (Å²) in [6, 6.07) is 6.71. The maximum absolute atomic E-state index is 11.5. The SMILES string of the molecule is CCC(N)CC(=O)Cc1cccc(O)c1. The van der Waals surface area contributed by atoms with Crippen LogP contribution in [0.15, 0.2) is 24.3 Å². The lowest BCUT2D eigenvalue weighted by molar-refractivity contribution is -0.118. The molecule has 0 saturated carbocycles. The van der Waals surface area contributed by atoms with Crippen molar-refractivity contribution >= 4 is 5.78 Å². The van der Waals surface area contributed by atoms with Crippen LogP contribution in [0.5, 0.6) is 5.75 Å². The zero-order valence-corrected chi connectivity index (χ0v) is 8.94. The molecule has 3 nitrogen and oxygen atoms in total. The molecule has 0 aliphatic carbocycles. The molecule has 3 heteroatoms. The van der Waals surface area contributed by atoms with Gasteiger partial charge in [-0.25, -0.2) is 0 Å². The number of phenols is 1. The van der Waals surface area contributed by atoms with E-state index in [0.29, 0.717) is 12.8 Å². The minimum absolute atomic E-state index is 0.0465. The number of phenolic OH excluding ortho intramolecular Hbond substituents is 1. The van der Waals surface area contributed by atoms with Crippen LogP contribution in [-0.4, -0.2) is 16.9 Å². The molecule has 0 fully saturated rings. The van der Waals surface area contributed by atoms with E-state index in [4.69, 9.17) is 5.73 Å². The highest BCUT2D eigenvalue weighted by atomic mass is 16.3. The summed E-state index contributed by atoms with van der Waals surface area (Å²) in [5.41, 5.74) is 6.52. The first-order valence-electron chi connectivity index (χ1n) is 5.17. The van der Waals surface area contributed by atoms with Gasteiger partial charge in [-0.2, -0.15) is 0 Å². The molecule has 1 unspecified atom stereocenters. The quantitative estimate of drug-likeness (QED) is 0.771. The van der Waals surface area contributed by atoms with Crippen molar-refractivity contribution in [3.8, 4) is 5.75 Å². The third-order valence-electron chi connectivity index (χ3n) is 2.33. The predicted molar refractivity (Wildman–Crippen MR) is 59.7 cm³/mol. The van der Waals surface area contributed by atoms with Crippen molar-refractivity contribution < 1.29 is 9.90 Å². The Kier molecular flexibility index (Phi) is 4.31. The Morgan fingerprint density at radius 2 is 2.27 bits per heavy atom. The summed E-state index contributed by atoms with van der Waals surface area (Å²) < 4.78 is 0. The van der Waals surface area contributed by atoms with Crippen molar-refractivity contribution in [2.75, 3.05) is 0 Å². The van der Waals surface area contributed by atoms with Crippen LogP contribution in [0.1, 0.15) is 25.3 Å². The van der Waals surface area contributed by atoms with Gasteiger partial charge in [0, 0.05) is 18.9 Å². The molecule has 1 aromatic carbocycles. The first kappa shape index (κ1) is 11.7. The molecule has 0 saturated heterocycles. The van der Waals surface area contributed by atoms with E-state index in [9.17, 15) is 9.90 Å². The average molecular weight is 207 g/mol. The zero-order valence-electron chi connectivity index (χ0n) is 8.94. The lowest BCUT2D eigenvalue weighted by Crippen LogP contribution is -2.23. The molecule has 0 heterocycles. The Balaban J connectivity index is 2.51. The van der Waals surface area contributed by atoms with Crippen molar-refractivity contribution in [1.82, 2.24) is 0 Å². The number of Topliss-reactive ketones (excluding diaryl/α,β-unsaturated/α-hetero) is 1. The van der Waals surface area contributed by atoms with Gasteiger partial charge in [0.15, 0.2) is 0 Å². The lowest BCUT2D eigenvalue weighted by atomic mass is 10.0. The van der Waals surface area contributed by atoms with Gasteiger partial charge in [-0.1, -0.05) is 19.1 Å². The fraction of sp³-hybridized carbons (Fsp3) is 0.417. The van der Waals surface area contributed by atoms with Crippen molar-refractivity contribution in [3.05, 3.63) is 29.8 Å². The van der Waals surface area contributed by atoms with Crippen molar-refractivity contribution in [2.45, 2.75) is 32.2 Å². The molecule has 0 amide bonds. The van der Waals surface area contributed by atoms with E-state index in [0.717, 1.165) is 12.0 Å². The van der Waals surface area contributed by atoms with Gasteiger partial charge in [0.2, 0.25) is 0 Å². The third kappa shape index (κ3) is 4.13. The Labute approximate surface area is 89.9 Å². The van der Waals surface area contributed by atoms with Gasteiger partial charge in [0.05, 0.1) is 0 Å². The maximum Gasteiger partial charge on any atom is 0.138 e. The molecule has 0 bridgehead atoms. The molecular weight excluding hydrogens is 190 g/mol. The first-order valence-corrected chi connectivity index (χ1v) is 5.17. The van der Waals surface area contributed by atoms with Crippen molar-refractivity contribution in [2.24, 2.45) is 5.73 Å². The van der Waals surface area contributed by atoms with Gasteiger partial charge in [-0.3, -0.25) is 4.79 Å². The monoisotopic (exact) mass is 207 g/mol. The number of benzene rings is 1. The minimum Gasteiger partial charge on any atom is -0.508 e. The van der Waals surface area contributed by atoms with Gasteiger partial charge in [0.1, 0.15) is 11.5 Å². The van der Waals surface area contributed by atoms with Gasteiger partial charge in [-0.15, -0.1) is 0 Å². The lowest BCUT2D eigenvalue weighted by Gasteiger charge is -2.07.